The van der Waals surface area contributed by atoms with Crippen molar-refractivity contribution in [3.63, 3.8) is 0 Å². The van der Waals surface area contributed by atoms with Crippen molar-refractivity contribution in [2.24, 2.45) is 0 Å². The molecule has 1 aromatic rings. The zero-order valence-corrected chi connectivity index (χ0v) is 14.2. The molecule has 0 aliphatic carbocycles. The lowest BCUT2D eigenvalue weighted by atomic mass is 9.97. The largest absolute Gasteiger partial charge is 0.487 e. The summed E-state index contributed by atoms with van der Waals surface area (Å²) in [6.45, 7) is 12.6. The van der Waals surface area contributed by atoms with E-state index in [0.717, 1.165) is 16.6 Å². The summed E-state index contributed by atoms with van der Waals surface area (Å²) in [6.07, 6.45) is 0.996. The maximum absolute atomic E-state index is 6.20. The molecule has 0 radical (unpaired) electrons. The lowest BCUT2D eigenvalue weighted by Crippen LogP contribution is -2.36. The minimum atomic E-state index is -0.252. The molecule has 1 heterocycles. The molecule has 1 aliphatic heterocycles. The van der Waals surface area contributed by atoms with Crippen LogP contribution in [-0.4, -0.2) is 17.3 Å². The molecule has 1 fully saturated rings. The van der Waals surface area contributed by atoms with Gasteiger partial charge in [0.25, 0.3) is 0 Å². The van der Waals surface area contributed by atoms with Crippen molar-refractivity contribution in [3.05, 3.63) is 27.7 Å². The second-order valence-electron chi connectivity index (χ2n) is 6.65. The van der Waals surface area contributed by atoms with Crippen molar-refractivity contribution < 1.29 is 9.47 Å². The average molecular weight is 327 g/mol. The van der Waals surface area contributed by atoms with E-state index in [9.17, 15) is 0 Å². The number of halogens is 1. The number of rotatable bonds is 2. The second kappa shape index (κ2) is 4.78. The summed E-state index contributed by atoms with van der Waals surface area (Å²) in [5.41, 5.74) is 2.03. The molecule has 1 saturated heterocycles. The van der Waals surface area contributed by atoms with Gasteiger partial charge in [0.1, 0.15) is 17.5 Å². The van der Waals surface area contributed by atoms with Crippen LogP contribution in [0.4, 0.5) is 0 Å². The van der Waals surface area contributed by atoms with Crippen LogP contribution in [0.1, 0.15) is 45.2 Å². The predicted molar refractivity (Wildman–Crippen MR) is 81.9 cm³/mol. The minimum absolute atomic E-state index is 0.0856. The highest BCUT2D eigenvalue weighted by atomic mass is 79.9. The molecule has 106 valence electrons. The number of aryl methyl sites for hydroxylation is 2. The highest BCUT2D eigenvalue weighted by Gasteiger charge is 2.47. The van der Waals surface area contributed by atoms with Crippen molar-refractivity contribution in [1.29, 1.82) is 0 Å². The molecule has 0 amide bonds. The van der Waals surface area contributed by atoms with E-state index in [1.54, 1.807) is 0 Å². The maximum atomic E-state index is 6.20. The van der Waals surface area contributed by atoms with Gasteiger partial charge >= 0.3 is 0 Å². The summed E-state index contributed by atoms with van der Waals surface area (Å²) < 4.78 is 13.4. The second-order valence-corrected chi connectivity index (χ2v) is 7.44. The van der Waals surface area contributed by atoms with Crippen LogP contribution in [-0.2, 0) is 4.74 Å². The molecule has 1 aliphatic rings. The first-order chi connectivity index (χ1) is 8.61. The van der Waals surface area contributed by atoms with Crippen LogP contribution in [0, 0.1) is 13.8 Å². The van der Waals surface area contributed by atoms with Gasteiger partial charge in [-0.1, -0.05) is 15.9 Å². The fraction of sp³-hybridized carbons (Fsp3) is 0.625. The first kappa shape index (κ1) is 14.9. The zero-order valence-electron chi connectivity index (χ0n) is 12.6. The fourth-order valence-corrected chi connectivity index (χ4v) is 3.06. The predicted octanol–water partition coefficient (Wildman–Crippen LogP) is 4.79. The zero-order chi connectivity index (χ0) is 14.4. The smallest absolute Gasteiger partial charge is 0.130 e. The summed E-state index contributed by atoms with van der Waals surface area (Å²) in [4.78, 5) is 0. The molecule has 0 spiro atoms. The van der Waals surface area contributed by atoms with Gasteiger partial charge in [0.15, 0.2) is 0 Å². The van der Waals surface area contributed by atoms with Crippen LogP contribution in [0.3, 0.4) is 0 Å². The summed E-state index contributed by atoms with van der Waals surface area (Å²) in [6, 6.07) is 4.16. The van der Waals surface area contributed by atoms with Crippen LogP contribution >= 0.6 is 15.9 Å². The molecule has 3 heteroatoms. The Bertz CT molecular complexity index is 469. The Kier molecular flexibility index (Phi) is 3.74. The first-order valence-corrected chi connectivity index (χ1v) is 7.54. The maximum Gasteiger partial charge on any atom is 0.130 e. The van der Waals surface area contributed by atoms with Gasteiger partial charge in [0.05, 0.1) is 5.60 Å². The lowest BCUT2D eigenvalue weighted by molar-refractivity contribution is -0.0846. The van der Waals surface area contributed by atoms with Crippen LogP contribution in [0.2, 0.25) is 0 Å². The number of hydrogen-bond donors (Lipinski definition) is 0. The Morgan fingerprint density at radius 3 is 2.11 bits per heavy atom. The molecule has 19 heavy (non-hydrogen) atoms. The molecular weight excluding hydrogens is 304 g/mol. The minimum Gasteiger partial charge on any atom is -0.487 e. The topological polar surface area (TPSA) is 18.5 Å². The van der Waals surface area contributed by atoms with Crippen molar-refractivity contribution >= 4 is 15.9 Å². The van der Waals surface area contributed by atoms with Crippen LogP contribution < -0.4 is 4.74 Å². The third kappa shape index (κ3) is 3.14. The molecular formula is C16H23BrO2. The van der Waals surface area contributed by atoms with Gasteiger partial charge in [-0.25, -0.2) is 0 Å². The fourth-order valence-electron chi connectivity index (χ4n) is 2.83. The van der Waals surface area contributed by atoms with Gasteiger partial charge in [0, 0.05) is 10.9 Å². The lowest BCUT2D eigenvalue weighted by Gasteiger charge is -2.27. The number of ether oxygens (including phenoxy) is 2. The van der Waals surface area contributed by atoms with E-state index in [1.165, 1.54) is 11.1 Å². The molecule has 0 N–H and O–H groups in total. The Morgan fingerprint density at radius 2 is 1.68 bits per heavy atom. The van der Waals surface area contributed by atoms with E-state index >= 15 is 0 Å². The highest BCUT2D eigenvalue weighted by molar-refractivity contribution is 9.10. The molecule has 1 unspecified atom stereocenters. The van der Waals surface area contributed by atoms with Crippen molar-refractivity contribution in [2.45, 2.75) is 65.3 Å². The Morgan fingerprint density at radius 1 is 1.16 bits per heavy atom. The van der Waals surface area contributed by atoms with Gasteiger partial charge in [0.2, 0.25) is 0 Å². The highest BCUT2D eigenvalue weighted by Crippen LogP contribution is 2.40. The number of hydrogen-bond acceptors (Lipinski definition) is 2. The normalized spacial score (nSPS) is 24.5. The summed E-state index contributed by atoms with van der Waals surface area (Å²) >= 11 is 3.59. The first-order valence-electron chi connectivity index (χ1n) is 6.74. The molecule has 2 rings (SSSR count). The molecule has 2 nitrogen and oxygen atoms in total. The van der Waals surface area contributed by atoms with Crippen molar-refractivity contribution in [3.8, 4) is 5.75 Å². The molecule has 0 bridgehead atoms. The van der Waals surface area contributed by atoms with Crippen LogP contribution in [0.25, 0.3) is 0 Å². The Labute approximate surface area is 124 Å². The Balaban J connectivity index is 2.22. The molecule has 1 atom stereocenters. The van der Waals surface area contributed by atoms with E-state index in [0.29, 0.717) is 0 Å². The van der Waals surface area contributed by atoms with Crippen molar-refractivity contribution in [2.75, 3.05) is 0 Å². The van der Waals surface area contributed by atoms with E-state index < -0.39 is 0 Å². The van der Waals surface area contributed by atoms with Crippen molar-refractivity contribution in [1.82, 2.24) is 0 Å². The van der Waals surface area contributed by atoms with E-state index in [4.69, 9.17) is 9.47 Å². The van der Waals surface area contributed by atoms with Crippen LogP contribution in [0.5, 0.6) is 5.75 Å². The molecule has 1 aromatic carbocycles. The SMILES string of the molecule is Cc1cc(OC2CC(C)(C)OC2(C)C)cc(C)c1Br. The van der Waals surface area contributed by atoms with E-state index in [1.807, 2.05) is 0 Å². The van der Waals surface area contributed by atoms with Gasteiger partial charge in [-0.2, -0.15) is 0 Å². The third-order valence-corrected chi connectivity index (χ3v) is 4.93. The summed E-state index contributed by atoms with van der Waals surface area (Å²) in [7, 11) is 0. The van der Waals surface area contributed by atoms with Gasteiger partial charge in [-0.05, 0) is 64.8 Å². The number of benzene rings is 1. The van der Waals surface area contributed by atoms with E-state index in [2.05, 4.69) is 69.6 Å². The van der Waals surface area contributed by atoms with Gasteiger partial charge < -0.3 is 9.47 Å². The standard InChI is InChI=1S/C16H23BrO2/c1-10-7-12(8-11(2)14(10)17)18-13-9-15(3,4)19-16(13,5)6/h7-8,13H,9H2,1-6H3. The van der Waals surface area contributed by atoms with Crippen LogP contribution in [0.15, 0.2) is 16.6 Å². The third-order valence-electron chi connectivity index (χ3n) is 3.68. The molecule has 0 aromatic heterocycles. The monoisotopic (exact) mass is 326 g/mol. The van der Waals surface area contributed by atoms with E-state index in [-0.39, 0.29) is 17.3 Å². The summed E-state index contributed by atoms with van der Waals surface area (Å²) in [5, 5.41) is 0. The average Bonchev–Trinajstić information content (AvgIpc) is 2.43. The molecule has 0 saturated carbocycles. The summed E-state index contributed by atoms with van der Waals surface area (Å²) in [5.74, 6) is 0.928. The van der Waals surface area contributed by atoms with Gasteiger partial charge in [-0.3, -0.25) is 0 Å². The quantitative estimate of drug-likeness (QED) is 0.777. The Hall–Kier alpha value is -0.540. The van der Waals surface area contributed by atoms with Gasteiger partial charge in [-0.15, -0.1) is 0 Å².